The van der Waals surface area contributed by atoms with Crippen molar-refractivity contribution in [3.8, 4) is 0 Å². The van der Waals surface area contributed by atoms with E-state index in [4.69, 9.17) is 0 Å². The fourth-order valence-electron chi connectivity index (χ4n) is 2.66. The van der Waals surface area contributed by atoms with Crippen LogP contribution in [0.4, 0.5) is 0 Å². The molecule has 0 aromatic rings. The summed E-state index contributed by atoms with van der Waals surface area (Å²) in [6.07, 6.45) is 2.48. The van der Waals surface area contributed by atoms with Crippen molar-refractivity contribution < 1.29 is 0 Å². The number of rotatable bonds is 5. The summed E-state index contributed by atoms with van der Waals surface area (Å²) in [6, 6.07) is 0. The molecule has 0 atom stereocenters. The summed E-state index contributed by atoms with van der Waals surface area (Å²) in [7, 11) is 0. The van der Waals surface area contributed by atoms with Crippen molar-refractivity contribution in [3.63, 3.8) is 0 Å². The van der Waals surface area contributed by atoms with Crippen molar-refractivity contribution in [2.75, 3.05) is 26.2 Å². The number of hydrogen-bond donors (Lipinski definition) is 1. The minimum absolute atomic E-state index is 0.366. The first kappa shape index (κ1) is 15.0. The van der Waals surface area contributed by atoms with Gasteiger partial charge in [0.2, 0.25) is 0 Å². The van der Waals surface area contributed by atoms with E-state index in [0.717, 1.165) is 12.5 Å². The molecular formula is C15H32N2. The molecule has 1 fully saturated rings. The van der Waals surface area contributed by atoms with Gasteiger partial charge in [-0.15, -0.1) is 0 Å². The highest BCUT2D eigenvalue weighted by Crippen LogP contribution is 2.29. The molecule has 1 rings (SSSR count). The van der Waals surface area contributed by atoms with Gasteiger partial charge < -0.3 is 5.32 Å². The second kappa shape index (κ2) is 5.71. The third-order valence-electron chi connectivity index (χ3n) is 5.00. The Bertz CT molecular complexity index is 227. The Hall–Kier alpha value is -0.0800. The van der Waals surface area contributed by atoms with Gasteiger partial charge in [0.05, 0.1) is 0 Å². The van der Waals surface area contributed by atoms with Gasteiger partial charge in [0, 0.05) is 31.7 Å². The molecule has 2 nitrogen and oxygen atoms in total. The minimum atomic E-state index is 0.366. The molecule has 0 amide bonds. The summed E-state index contributed by atoms with van der Waals surface area (Å²) in [4.78, 5) is 2.67. The summed E-state index contributed by atoms with van der Waals surface area (Å²) in [6.45, 7) is 18.9. The van der Waals surface area contributed by atoms with Crippen LogP contribution in [-0.2, 0) is 0 Å². The predicted molar refractivity (Wildman–Crippen MR) is 76.4 cm³/mol. The van der Waals surface area contributed by atoms with Crippen molar-refractivity contribution in [2.24, 2.45) is 11.3 Å². The lowest BCUT2D eigenvalue weighted by atomic mass is 9.80. The van der Waals surface area contributed by atoms with E-state index >= 15 is 0 Å². The topological polar surface area (TPSA) is 15.3 Å². The van der Waals surface area contributed by atoms with Crippen molar-refractivity contribution in [2.45, 2.75) is 59.9 Å². The van der Waals surface area contributed by atoms with Crippen molar-refractivity contribution in [1.29, 1.82) is 0 Å². The summed E-state index contributed by atoms with van der Waals surface area (Å²) < 4.78 is 0. The highest BCUT2D eigenvalue weighted by molar-refractivity contribution is 4.94. The second-order valence-electron chi connectivity index (χ2n) is 6.77. The third kappa shape index (κ3) is 3.69. The molecule has 0 aliphatic carbocycles. The first-order chi connectivity index (χ1) is 7.85. The van der Waals surface area contributed by atoms with Crippen LogP contribution in [0.2, 0.25) is 0 Å². The van der Waals surface area contributed by atoms with Gasteiger partial charge in [0.25, 0.3) is 0 Å². The Balaban J connectivity index is 2.61. The molecule has 17 heavy (non-hydrogen) atoms. The van der Waals surface area contributed by atoms with Crippen LogP contribution in [-0.4, -0.2) is 36.6 Å². The van der Waals surface area contributed by atoms with Gasteiger partial charge in [-0.3, -0.25) is 4.90 Å². The molecule has 102 valence electrons. The molecule has 1 saturated heterocycles. The van der Waals surface area contributed by atoms with Crippen LogP contribution in [0.15, 0.2) is 0 Å². The van der Waals surface area contributed by atoms with Crippen LogP contribution in [0, 0.1) is 11.3 Å². The average Bonchev–Trinajstić information content (AvgIpc) is 2.28. The summed E-state index contributed by atoms with van der Waals surface area (Å²) in [5.74, 6) is 0.745. The monoisotopic (exact) mass is 240 g/mol. The molecule has 1 aliphatic heterocycles. The second-order valence-corrected chi connectivity index (χ2v) is 6.77. The number of nitrogens with zero attached hydrogens (tertiary/aromatic N) is 1. The maximum absolute atomic E-state index is 3.74. The van der Waals surface area contributed by atoms with Crippen molar-refractivity contribution in [1.82, 2.24) is 10.2 Å². The van der Waals surface area contributed by atoms with Gasteiger partial charge in [-0.25, -0.2) is 0 Å². The highest BCUT2D eigenvalue weighted by atomic mass is 15.2. The zero-order chi connectivity index (χ0) is 13.1. The zero-order valence-corrected chi connectivity index (χ0v) is 12.8. The van der Waals surface area contributed by atoms with E-state index in [2.05, 4.69) is 51.8 Å². The fraction of sp³-hybridized carbons (Fsp3) is 1.00. The van der Waals surface area contributed by atoms with Gasteiger partial charge in [0.15, 0.2) is 0 Å². The minimum Gasteiger partial charge on any atom is -0.309 e. The number of piperazine rings is 1. The molecule has 0 aromatic heterocycles. The predicted octanol–water partition coefficient (Wildman–Crippen LogP) is 3.13. The van der Waals surface area contributed by atoms with Crippen molar-refractivity contribution in [3.05, 3.63) is 0 Å². The molecular weight excluding hydrogens is 208 g/mol. The Kier molecular flexibility index (Phi) is 5.03. The Labute approximate surface area is 108 Å². The molecule has 0 radical (unpaired) electrons. The van der Waals surface area contributed by atoms with E-state index in [1.165, 1.54) is 32.5 Å². The van der Waals surface area contributed by atoms with Crippen LogP contribution in [0.1, 0.15) is 54.4 Å². The molecule has 0 spiro atoms. The van der Waals surface area contributed by atoms with Gasteiger partial charge in [-0.1, -0.05) is 41.5 Å². The van der Waals surface area contributed by atoms with Crippen LogP contribution in [0.5, 0.6) is 0 Å². The number of hydrogen-bond acceptors (Lipinski definition) is 2. The van der Waals surface area contributed by atoms with Gasteiger partial charge >= 0.3 is 0 Å². The largest absolute Gasteiger partial charge is 0.309 e. The first-order valence-electron chi connectivity index (χ1n) is 7.32. The van der Waals surface area contributed by atoms with E-state index < -0.39 is 0 Å². The van der Waals surface area contributed by atoms with E-state index in [0.29, 0.717) is 11.0 Å². The Morgan fingerprint density at radius 3 is 2.29 bits per heavy atom. The van der Waals surface area contributed by atoms with Crippen LogP contribution in [0.25, 0.3) is 0 Å². The summed E-state index contributed by atoms with van der Waals surface area (Å²) in [5.41, 5.74) is 0.788. The SMILES string of the molecule is CCC1(CC)CN(CC(C)(C)C(C)C)CCN1. The van der Waals surface area contributed by atoms with Crippen LogP contribution < -0.4 is 5.32 Å². The van der Waals surface area contributed by atoms with E-state index in [-0.39, 0.29) is 0 Å². The van der Waals surface area contributed by atoms with Crippen LogP contribution in [0.3, 0.4) is 0 Å². The Morgan fingerprint density at radius 1 is 1.24 bits per heavy atom. The maximum atomic E-state index is 3.74. The Morgan fingerprint density at radius 2 is 1.82 bits per heavy atom. The molecule has 0 unspecified atom stereocenters. The number of nitrogens with one attached hydrogen (secondary N) is 1. The standard InChI is InChI=1S/C15H32N2/c1-7-15(8-2)12-17(10-9-16-15)11-14(5,6)13(3)4/h13,16H,7-12H2,1-6H3. The molecule has 1 aliphatic rings. The molecule has 1 heterocycles. The molecule has 0 saturated carbocycles. The lowest BCUT2D eigenvalue weighted by Gasteiger charge is -2.46. The molecule has 0 bridgehead atoms. The quantitative estimate of drug-likeness (QED) is 0.794. The fourth-order valence-corrected chi connectivity index (χ4v) is 2.66. The van der Waals surface area contributed by atoms with Crippen molar-refractivity contribution >= 4 is 0 Å². The van der Waals surface area contributed by atoms with Gasteiger partial charge in [-0.2, -0.15) is 0 Å². The molecule has 2 heteroatoms. The average molecular weight is 240 g/mol. The van der Waals surface area contributed by atoms with Crippen LogP contribution >= 0.6 is 0 Å². The summed E-state index contributed by atoms with van der Waals surface area (Å²) in [5, 5.41) is 3.74. The lowest BCUT2D eigenvalue weighted by Crippen LogP contribution is -2.61. The molecule has 1 N–H and O–H groups in total. The lowest BCUT2D eigenvalue weighted by molar-refractivity contribution is 0.0698. The maximum Gasteiger partial charge on any atom is 0.0304 e. The first-order valence-corrected chi connectivity index (χ1v) is 7.32. The van der Waals surface area contributed by atoms with Gasteiger partial charge in [-0.05, 0) is 24.2 Å². The zero-order valence-electron chi connectivity index (χ0n) is 12.8. The normalized spacial score (nSPS) is 22.1. The molecule has 0 aromatic carbocycles. The van der Waals surface area contributed by atoms with E-state index in [9.17, 15) is 0 Å². The van der Waals surface area contributed by atoms with E-state index in [1.807, 2.05) is 0 Å². The highest BCUT2D eigenvalue weighted by Gasteiger charge is 2.34. The summed E-state index contributed by atoms with van der Waals surface area (Å²) >= 11 is 0. The third-order valence-corrected chi connectivity index (χ3v) is 5.00. The smallest absolute Gasteiger partial charge is 0.0304 e. The van der Waals surface area contributed by atoms with E-state index in [1.54, 1.807) is 0 Å². The van der Waals surface area contributed by atoms with Gasteiger partial charge in [0.1, 0.15) is 0 Å².